The van der Waals surface area contributed by atoms with Crippen LogP contribution in [0.2, 0.25) is 0 Å². The number of aryl methyl sites for hydroxylation is 1. The average Bonchev–Trinajstić information content (AvgIpc) is 3.38. The molecule has 0 bridgehead atoms. The van der Waals surface area contributed by atoms with Gasteiger partial charge in [0.25, 0.3) is 0 Å². The quantitative estimate of drug-likeness (QED) is 0.754. The van der Waals surface area contributed by atoms with Crippen molar-refractivity contribution in [3.05, 3.63) is 24.0 Å². The van der Waals surface area contributed by atoms with Gasteiger partial charge < -0.3 is 9.30 Å². The van der Waals surface area contributed by atoms with E-state index in [1.54, 1.807) is 7.11 Å². The molecule has 1 aromatic heterocycles. The van der Waals surface area contributed by atoms with Crippen molar-refractivity contribution in [1.82, 2.24) is 9.55 Å². The number of para-hydroxylation sites is 1. The second-order valence-electron chi connectivity index (χ2n) is 6.52. The molecule has 0 N–H and O–H groups in total. The van der Waals surface area contributed by atoms with Crippen molar-refractivity contribution >= 4 is 22.6 Å². The third-order valence-corrected chi connectivity index (χ3v) is 5.36. The molecule has 112 valence electrons. The maximum Gasteiger partial charge on any atom is 0.146 e. The lowest BCUT2D eigenvalue weighted by Gasteiger charge is -2.17. The fourth-order valence-electron chi connectivity index (χ4n) is 3.65. The highest BCUT2D eigenvalue weighted by Gasteiger charge is 2.54. The largest absolute Gasteiger partial charge is 0.494 e. The average molecular weight is 305 g/mol. The molecule has 0 atom stereocenters. The van der Waals surface area contributed by atoms with E-state index in [0.717, 1.165) is 36.0 Å². The van der Waals surface area contributed by atoms with Gasteiger partial charge in [0.05, 0.1) is 12.6 Å². The molecular formula is C17H21ClN2O. The van der Waals surface area contributed by atoms with Gasteiger partial charge in [0, 0.05) is 18.8 Å². The Bertz CT molecular complexity index is 671. The summed E-state index contributed by atoms with van der Waals surface area (Å²) in [6.07, 6.45) is 6.41. The highest BCUT2D eigenvalue weighted by Crippen LogP contribution is 2.62. The fraction of sp³-hybridized carbons (Fsp3) is 0.588. The zero-order valence-corrected chi connectivity index (χ0v) is 13.2. The number of benzene rings is 1. The summed E-state index contributed by atoms with van der Waals surface area (Å²) in [4.78, 5) is 4.82. The summed E-state index contributed by atoms with van der Waals surface area (Å²) in [5, 5.41) is 0. The van der Waals surface area contributed by atoms with Gasteiger partial charge in [-0.3, -0.25) is 0 Å². The van der Waals surface area contributed by atoms with Crippen LogP contribution in [0.15, 0.2) is 18.2 Å². The lowest BCUT2D eigenvalue weighted by molar-refractivity contribution is 0.369. The van der Waals surface area contributed by atoms with Crippen LogP contribution >= 0.6 is 11.6 Å². The van der Waals surface area contributed by atoms with Gasteiger partial charge in [-0.05, 0) is 49.1 Å². The van der Waals surface area contributed by atoms with E-state index in [0.29, 0.717) is 11.3 Å². The minimum atomic E-state index is 0.553. The minimum absolute atomic E-state index is 0.553. The summed E-state index contributed by atoms with van der Waals surface area (Å²) in [6, 6.07) is 6.20. The SMILES string of the molecule is COc1cccc2c1nc(CCCl)n2CC1(C2CC2)CC1. The van der Waals surface area contributed by atoms with Crippen LogP contribution in [0, 0.1) is 11.3 Å². The number of alkyl halides is 1. The number of nitrogens with zero attached hydrogens (tertiary/aromatic N) is 2. The highest BCUT2D eigenvalue weighted by atomic mass is 35.5. The van der Waals surface area contributed by atoms with Crippen LogP contribution in [0.4, 0.5) is 0 Å². The van der Waals surface area contributed by atoms with Gasteiger partial charge in [0.15, 0.2) is 0 Å². The molecule has 0 radical (unpaired) electrons. The maximum absolute atomic E-state index is 5.99. The van der Waals surface area contributed by atoms with E-state index in [1.165, 1.54) is 31.2 Å². The Labute approximate surface area is 130 Å². The normalized spacial score (nSPS) is 19.9. The molecule has 0 spiro atoms. The van der Waals surface area contributed by atoms with Crippen molar-refractivity contribution in [2.45, 2.75) is 38.6 Å². The molecule has 2 aliphatic rings. The molecule has 2 aliphatic carbocycles. The first-order valence-corrected chi connectivity index (χ1v) is 8.39. The van der Waals surface area contributed by atoms with Crippen molar-refractivity contribution in [2.75, 3.05) is 13.0 Å². The van der Waals surface area contributed by atoms with Crippen molar-refractivity contribution in [3.63, 3.8) is 0 Å². The monoisotopic (exact) mass is 304 g/mol. The molecule has 4 heteroatoms. The Morgan fingerprint density at radius 1 is 1.38 bits per heavy atom. The van der Waals surface area contributed by atoms with E-state index in [2.05, 4.69) is 16.7 Å². The van der Waals surface area contributed by atoms with Gasteiger partial charge in [-0.25, -0.2) is 4.98 Å². The second kappa shape index (κ2) is 4.91. The number of aromatic nitrogens is 2. The summed E-state index contributed by atoms with van der Waals surface area (Å²) < 4.78 is 7.88. The number of hydrogen-bond acceptors (Lipinski definition) is 2. The zero-order chi connectivity index (χ0) is 14.4. The lowest BCUT2D eigenvalue weighted by atomic mass is 10.0. The molecule has 4 rings (SSSR count). The number of rotatable bonds is 6. The van der Waals surface area contributed by atoms with Gasteiger partial charge in [-0.15, -0.1) is 11.6 Å². The Morgan fingerprint density at radius 3 is 2.81 bits per heavy atom. The number of fused-ring (bicyclic) bond motifs is 1. The van der Waals surface area contributed by atoms with E-state index in [-0.39, 0.29) is 0 Å². The van der Waals surface area contributed by atoms with Crippen LogP contribution in [-0.4, -0.2) is 22.5 Å². The van der Waals surface area contributed by atoms with Gasteiger partial charge in [-0.1, -0.05) is 6.07 Å². The number of halogens is 1. The Hall–Kier alpha value is -1.22. The smallest absolute Gasteiger partial charge is 0.146 e. The Kier molecular flexibility index (Phi) is 3.14. The molecule has 0 aliphatic heterocycles. The predicted octanol–water partition coefficient (Wildman–Crippen LogP) is 4.02. The summed E-state index contributed by atoms with van der Waals surface area (Å²) in [6.45, 7) is 1.10. The van der Waals surface area contributed by atoms with Crippen LogP contribution in [0.25, 0.3) is 11.0 Å². The first-order valence-electron chi connectivity index (χ1n) is 7.85. The third kappa shape index (κ3) is 2.22. The highest BCUT2D eigenvalue weighted by molar-refractivity contribution is 6.17. The standard InChI is InChI=1S/C17H21ClN2O/c1-21-14-4-2-3-13-16(14)19-15(7-10-18)20(13)11-17(8-9-17)12-5-6-12/h2-4,12H,5-11H2,1H3. The summed E-state index contributed by atoms with van der Waals surface area (Å²) in [5.41, 5.74) is 2.73. The molecule has 0 amide bonds. The van der Waals surface area contributed by atoms with Crippen molar-refractivity contribution < 1.29 is 4.74 Å². The number of ether oxygens (including phenoxy) is 1. The van der Waals surface area contributed by atoms with Crippen LogP contribution in [-0.2, 0) is 13.0 Å². The third-order valence-electron chi connectivity index (χ3n) is 5.17. The molecular weight excluding hydrogens is 284 g/mol. The van der Waals surface area contributed by atoms with Gasteiger partial charge >= 0.3 is 0 Å². The Balaban J connectivity index is 1.79. The molecule has 0 saturated heterocycles. The number of hydrogen-bond donors (Lipinski definition) is 0. The summed E-state index contributed by atoms with van der Waals surface area (Å²) >= 11 is 5.99. The fourth-order valence-corrected chi connectivity index (χ4v) is 3.82. The minimum Gasteiger partial charge on any atom is -0.494 e. The molecule has 2 saturated carbocycles. The van der Waals surface area contributed by atoms with E-state index in [4.69, 9.17) is 21.3 Å². The van der Waals surface area contributed by atoms with Crippen LogP contribution in [0.3, 0.4) is 0 Å². The van der Waals surface area contributed by atoms with Crippen LogP contribution in [0.5, 0.6) is 5.75 Å². The van der Waals surface area contributed by atoms with Crippen molar-refractivity contribution in [2.24, 2.45) is 11.3 Å². The number of imidazole rings is 1. The van der Waals surface area contributed by atoms with Gasteiger partial charge in [0.1, 0.15) is 17.1 Å². The van der Waals surface area contributed by atoms with E-state index in [9.17, 15) is 0 Å². The van der Waals surface area contributed by atoms with Crippen molar-refractivity contribution in [1.29, 1.82) is 0 Å². The van der Waals surface area contributed by atoms with E-state index < -0.39 is 0 Å². The first kappa shape index (κ1) is 13.4. The first-order chi connectivity index (χ1) is 10.3. The van der Waals surface area contributed by atoms with Crippen LogP contribution in [0.1, 0.15) is 31.5 Å². The van der Waals surface area contributed by atoms with Gasteiger partial charge in [0.2, 0.25) is 0 Å². The number of methoxy groups -OCH3 is 1. The summed E-state index contributed by atoms with van der Waals surface area (Å²) in [5.74, 6) is 3.53. The molecule has 2 aromatic rings. The molecule has 1 aromatic carbocycles. The predicted molar refractivity (Wildman–Crippen MR) is 85.1 cm³/mol. The zero-order valence-electron chi connectivity index (χ0n) is 12.4. The van der Waals surface area contributed by atoms with Gasteiger partial charge in [-0.2, -0.15) is 0 Å². The molecule has 0 unspecified atom stereocenters. The summed E-state index contributed by atoms with van der Waals surface area (Å²) in [7, 11) is 1.71. The van der Waals surface area contributed by atoms with E-state index in [1.807, 2.05) is 6.07 Å². The molecule has 21 heavy (non-hydrogen) atoms. The lowest BCUT2D eigenvalue weighted by Crippen LogP contribution is -2.16. The van der Waals surface area contributed by atoms with E-state index >= 15 is 0 Å². The van der Waals surface area contributed by atoms with Crippen molar-refractivity contribution in [3.8, 4) is 5.75 Å². The topological polar surface area (TPSA) is 27.1 Å². The maximum atomic E-state index is 5.99. The Morgan fingerprint density at radius 2 is 2.19 bits per heavy atom. The molecule has 1 heterocycles. The van der Waals surface area contributed by atoms with Crippen LogP contribution < -0.4 is 4.74 Å². The second-order valence-corrected chi connectivity index (χ2v) is 6.90. The molecule has 3 nitrogen and oxygen atoms in total. The molecule has 2 fully saturated rings.